The maximum atomic E-state index is 11.0. The van der Waals surface area contributed by atoms with Crippen molar-refractivity contribution >= 4 is 6.29 Å². The predicted molar refractivity (Wildman–Crippen MR) is 80.6 cm³/mol. The van der Waals surface area contributed by atoms with Crippen LogP contribution in [0.2, 0.25) is 0 Å². The van der Waals surface area contributed by atoms with Gasteiger partial charge in [0, 0.05) is 0 Å². The Hall–Kier alpha value is -2.17. The molecule has 0 aliphatic heterocycles. The number of aryl methyl sites for hydroxylation is 1. The highest BCUT2D eigenvalue weighted by Gasteiger charge is 2.13. The van der Waals surface area contributed by atoms with Crippen LogP contribution in [0.3, 0.4) is 0 Å². The maximum absolute atomic E-state index is 11.0. The summed E-state index contributed by atoms with van der Waals surface area (Å²) in [5.41, 5.74) is 2.51. The third-order valence-corrected chi connectivity index (χ3v) is 3.17. The Kier molecular flexibility index (Phi) is 5.09. The Morgan fingerprint density at radius 3 is 2.62 bits per heavy atom. The van der Waals surface area contributed by atoms with E-state index in [4.69, 9.17) is 4.74 Å². The molecular formula is C16H21N3O2. The summed E-state index contributed by atoms with van der Waals surface area (Å²) in [4.78, 5) is 11.0. The summed E-state index contributed by atoms with van der Waals surface area (Å²) in [6.45, 7) is 7.33. The number of rotatable bonds is 7. The highest BCUT2D eigenvalue weighted by Crippen LogP contribution is 2.13. The second-order valence-corrected chi connectivity index (χ2v) is 5.52. The van der Waals surface area contributed by atoms with Crippen LogP contribution >= 0.6 is 0 Å². The molecule has 1 aromatic heterocycles. The number of nitrogens with zero attached hydrogens (tertiary/aromatic N) is 3. The fourth-order valence-corrected chi connectivity index (χ4v) is 2.10. The van der Waals surface area contributed by atoms with Crippen LogP contribution in [-0.4, -0.2) is 27.9 Å². The molecule has 0 N–H and O–H groups in total. The summed E-state index contributed by atoms with van der Waals surface area (Å²) in [6.07, 6.45) is 1.55. The molecule has 0 bridgehead atoms. The fourth-order valence-electron chi connectivity index (χ4n) is 2.10. The minimum atomic E-state index is 0.430. The zero-order valence-corrected chi connectivity index (χ0v) is 12.7. The molecule has 0 unspecified atom stereocenters. The van der Waals surface area contributed by atoms with Gasteiger partial charge in [0.15, 0.2) is 6.29 Å². The van der Waals surface area contributed by atoms with Crippen LogP contribution in [0.15, 0.2) is 24.3 Å². The highest BCUT2D eigenvalue weighted by atomic mass is 16.5. The molecule has 0 atom stereocenters. The van der Waals surface area contributed by atoms with Gasteiger partial charge in [-0.05, 0) is 31.4 Å². The second kappa shape index (κ2) is 7.02. The number of ether oxygens (including phenoxy) is 1. The molecule has 0 fully saturated rings. The van der Waals surface area contributed by atoms with Crippen LogP contribution in [0, 0.1) is 12.8 Å². The number of benzene rings is 1. The van der Waals surface area contributed by atoms with E-state index in [1.54, 1.807) is 4.68 Å². The predicted octanol–water partition coefficient (Wildman–Crippen LogP) is 2.68. The molecule has 0 saturated heterocycles. The van der Waals surface area contributed by atoms with Crippen LogP contribution in [0.5, 0.6) is 5.75 Å². The Morgan fingerprint density at radius 2 is 2.00 bits per heavy atom. The first kappa shape index (κ1) is 15.2. The van der Waals surface area contributed by atoms with Gasteiger partial charge in [0.05, 0.1) is 12.2 Å². The van der Waals surface area contributed by atoms with Crippen molar-refractivity contribution in [2.45, 2.75) is 33.7 Å². The van der Waals surface area contributed by atoms with Gasteiger partial charge in [-0.25, -0.2) is 4.68 Å². The monoisotopic (exact) mass is 287 g/mol. The Labute approximate surface area is 124 Å². The SMILES string of the molecule is Cc1ccc(OCCn2nnc(C=O)c2CC(C)C)cc1. The second-order valence-electron chi connectivity index (χ2n) is 5.52. The van der Waals surface area contributed by atoms with E-state index in [1.807, 2.05) is 31.2 Å². The molecule has 0 aliphatic carbocycles. The summed E-state index contributed by atoms with van der Waals surface area (Å²) in [6, 6.07) is 7.92. The Balaban J connectivity index is 1.98. The average molecular weight is 287 g/mol. The molecule has 0 saturated carbocycles. The molecular weight excluding hydrogens is 266 g/mol. The maximum Gasteiger partial charge on any atom is 0.172 e. The lowest BCUT2D eigenvalue weighted by Crippen LogP contribution is -2.14. The largest absolute Gasteiger partial charge is 0.492 e. The van der Waals surface area contributed by atoms with E-state index in [1.165, 1.54) is 5.56 Å². The van der Waals surface area contributed by atoms with Crippen LogP contribution in [0.1, 0.15) is 35.6 Å². The van der Waals surface area contributed by atoms with E-state index in [2.05, 4.69) is 24.2 Å². The third-order valence-electron chi connectivity index (χ3n) is 3.17. The van der Waals surface area contributed by atoms with Crippen molar-refractivity contribution < 1.29 is 9.53 Å². The lowest BCUT2D eigenvalue weighted by Gasteiger charge is -2.10. The van der Waals surface area contributed by atoms with Crippen molar-refractivity contribution in [1.29, 1.82) is 0 Å². The number of aromatic nitrogens is 3. The van der Waals surface area contributed by atoms with Crippen molar-refractivity contribution in [2.24, 2.45) is 5.92 Å². The standard InChI is InChI=1S/C16H21N3O2/c1-12(2)10-16-15(11-20)17-18-19(16)8-9-21-14-6-4-13(3)5-7-14/h4-7,11-12H,8-10H2,1-3H3. The summed E-state index contributed by atoms with van der Waals surface area (Å²) in [5, 5.41) is 7.96. The van der Waals surface area contributed by atoms with Gasteiger partial charge in [-0.2, -0.15) is 0 Å². The molecule has 0 spiro atoms. The molecule has 1 heterocycles. The van der Waals surface area contributed by atoms with E-state index >= 15 is 0 Å². The molecule has 2 rings (SSSR count). The number of carbonyl (C=O) groups excluding carboxylic acids is 1. The molecule has 0 amide bonds. The summed E-state index contributed by atoms with van der Waals surface area (Å²) >= 11 is 0. The lowest BCUT2D eigenvalue weighted by molar-refractivity contribution is 0.111. The number of aldehydes is 1. The Morgan fingerprint density at radius 1 is 1.29 bits per heavy atom. The number of hydrogen-bond acceptors (Lipinski definition) is 4. The minimum Gasteiger partial charge on any atom is -0.492 e. The van der Waals surface area contributed by atoms with Gasteiger partial charge in [0.1, 0.15) is 18.1 Å². The summed E-state index contributed by atoms with van der Waals surface area (Å²) < 4.78 is 7.45. The third kappa shape index (κ3) is 4.15. The van der Waals surface area contributed by atoms with Crippen LogP contribution in [0.25, 0.3) is 0 Å². The van der Waals surface area contributed by atoms with Gasteiger partial charge in [-0.1, -0.05) is 36.8 Å². The van der Waals surface area contributed by atoms with E-state index in [9.17, 15) is 4.79 Å². The zero-order valence-electron chi connectivity index (χ0n) is 12.7. The van der Waals surface area contributed by atoms with Crippen molar-refractivity contribution in [1.82, 2.24) is 15.0 Å². The van der Waals surface area contributed by atoms with Crippen molar-refractivity contribution in [2.75, 3.05) is 6.61 Å². The van der Waals surface area contributed by atoms with E-state index in [0.29, 0.717) is 24.8 Å². The number of carbonyl (C=O) groups is 1. The molecule has 0 aliphatic rings. The molecule has 2 aromatic rings. The number of hydrogen-bond donors (Lipinski definition) is 0. The minimum absolute atomic E-state index is 0.430. The van der Waals surface area contributed by atoms with Gasteiger partial charge in [-0.15, -0.1) is 5.10 Å². The topological polar surface area (TPSA) is 57.0 Å². The van der Waals surface area contributed by atoms with E-state index < -0.39 is 0 Å². The average Bonchev–Trinajstić information content (AvgIpc) is 2.83. The van der Waals surface area contributed by atoms with Gasteiger partial charge >= 0.3 is 0 Å². The van der Waals surface area contributed by atoms with Gasteiger partial charge in [0.25, 0.3) is 0 Å². The normalized spacial score (nSPS) is 10.9. The Bertz CT molecular complexity index is 588. The lowest BCUT2D eigenvalue weighted by atomic mass is 10.1. The first-order valence-corrected chi connectivity index (χ1v) is 7.17. The first-order valence-electron chi connectivity index (χ1n) is 7.17. The summed E-state index contributed by atoms with van der Waals surface area (Å²) in [7, 11) is 0. The quantitative estimate of drug-likeness (QED) is 0.735. The van der Waals surface area contributed by atoms with Crippen LogP contribution < -0.4 is 4.74 Å². The van der Waals surface area contributed by atoms with Gasteiger partial charge in [-0.3, -0.25) is 4.79 Å². The molecule has 112 valence electrons. The van der Waals surface area contributed by atoms with Crippen molar-refractivity contribution in [3.05, 3.63) is 41.2 Å². The molecule has 21 heavy (non-hydrogen) atoms. The van der Waals surface area contributed by atoms with Gasteiger partial charge in [0.2, 0.25) is 0 Å². The van der Waals surface area contributed by atoms with E-state index in [0.717, 1.165) is 24.2 Å². The smallest absolute Gasteiger partial charge is 0.172 e. The molecule has 5 nitrogen and oxygen atoms in total. The van der Waals surface area contributed by atoms with Crippen molar-refractivity contribution in [3.8, 4) is 5.75 Å². The summed E-state index contributed by atoms with van der Waals surface area (Å²) in [5.74, 6) is 1.28. The molecule has 5 heteroatoms. The van der Waals surface area contributed by atoms with E-state index in [-0.39, 0.29) is 0 Å². The fraction of sp³-hybridized carbons (Fsp3) is 0.438. The highest BCUT2D eigenvalue weighted by molar-refractivity contribution is 5.73. The van der Waals surface area contributed by atoms with Gasteiger partial charge < -0.3 is 4.74 Å². The van der Waals surface area contributed by atoms with Crippen LogP contribution in [0.4, 0.5) is 0 Å². The first-order chi connectivity index (χ1) is 10.1. The van der Waals surface area contributed by atoms with Crippen molar-refractivity contribution in [3.63, 3.8) is 0 Å². The van der Waals surface area contributed by atoms with Crippen LogP contribution in [-0.2, 0) is 13.0 Å². The zero-order chi connectivity index (χ0) is 15.2. The molecule has 1 aromatic carbocycles. The molecule has 0 radical (unpaired) electrons.